The van der Waals surface area contributed by atoms with E-state index in [-0.39, 0.29) is 12.0 Å². The monoisotopic (exact) mass is 279 g/mol. The third-order valence-corrected chi connectivity index (χ3v) is 3.70. The number of hydrogen-bond donors (Lipinski definition) is 1. The first-order valence-corrected chi connectivity index (χ1v) is 6.77. The van der Waals surface area contributed by atoms with E-state index in [4.69, 9.17) is 9.47 Å². The van der Waals surface area contributed by atoms with E-state index < -0.39 is 6.10 Å². The molecule has 20 heavy (non-hydrogen) atoms. The fourth-order valence-electron chi connectivity index (χ4n) is 2.57. The summed E-state index contributed by atoms with van der Waals surface area (Å²) in [6.07, 6.45) is 0.828. The zero-order valence-electron chi connectivity index (χ0n) is 11.9. The molecule has 1 aliphatic rings. The van der Waals surface area contributed by atoms with Crippen molar-refractivity contribution in [1.29, 1.82) is 0 Å². The average Bonchev–Trinajstić information content (AvgIpc) is 2.86. The Morgan fingerprint density at radius 2 is 2.05 bits per heavy atom. The lowest BCUT2D eigenvalue weighted by molar-refractivity contribution is -0.145. The van der Waals surface area contributed by atoms with Gasteiger partial charge in [0.1, 0.15) is 11.8 Å². The highest BCUT2D eigenvalue weighted by Crippen LogP contribution is 2.20. The van der Waals surface area contributed by atoms with Crippen LogP contribution in [0, 0.1) is 0 Å². The SMILES string of the molecule is COC(=O)C1CC(O)CN1CCc1ccc(OC)cc1. The molecule has 0 spiro atoms. The Morgan fingerprint density at radius 1 is 1.35 bits per heavy atom. The van der Waals surface area contributed by atoms with Crippen LogP contribution in [0.25, 0.3) is 0 Å². The molecule has 1 aromatic rings. The molecule has 1 heterocycles. The number of hydrogen-bond acceptors (Lipinski definition) is 5. The Morgan fingerprint density at radius 3 is 2.65 bits per heavy atom. The summed E-state index contributed by atoms with van der Waals surface area (Å²) < 4.78 is 9.91. The van der Waals surface area contributed by atoms with Crippen molar-refractivity contribution in [3.63, 3.8) is 0 Å². The second-order valence-corrected chi connectivity index (χ2v) is 5.02. The fraction of sp³-hybridized carbons (Fsp3) is 0.533. The van der Waals surface area contributed by atoms with Crippen LogP contribution in [0.15, 0.2) is 24.3 Å². The van der Waals surface area contributed by atoms with Gasteiger partial charge in [-0.25, -0.2) is 0 Å². The van der Waals surface area contributed by atoms with Crippen molar-refractivity contribution >= 4 is 5.97 Å². The number of rotatable bonds is 5. The van der Waals surface area contributed by atoms with Gasteiger partial charge in [0.2, 0.25) is 0 Å². The summed E-state index contributed by atoms with van der Waals surface area (Å²) in [6.45, 7) is 1.25. The van der Waals surface area contributed by atoms with Crippen LogP contribution in [0.3, 0.4) is 0 Å². The van der Waals surface area contributed by atoms with Crippen molar-refractivity contribution in [2.45, 2.75) is 25.0 Å². The van der Waals surface area contributed by atoms with E-state index in [9.17, 15) is 9.90 Å². The first-order chi connectivity index (χ1) is 9.63. The number of likely N-dealkylation sites (tertiary alicyclic amines) is 1. The van der Waals surface area contributed by atoms with Crippen molar-refractivity contribution < 1.29 is 19.4 Å². The second-order valence-electron chi connectivity index (χ2n) is 5.02. The molecule has 0 amide bonds. The molecule has 5 nitrogen and oxygen atoms in total. The van der Waals surface area contributed by atoms with Crippen molar-refractivity contribution in [2.75, 3.05) is 27.3 Å². The molecule has 5 heteroatoms. The Hall–Kier alpha value is -1.59. The number of carbonyl (C=O) groups excluding carboxylic acids is 1. The molecule has 1 aromatic carbocycles. The summed E-state index contributed by atoms with van der Waals surface area (Å²) >= 11 is 0. The Kier molecular flexibility index (Phi) is 4.98. The number of aliphatic hydroxyl groups is 1. The van der Waals surface area contributed by atoms with E-state index in [2.05, 4.69) is 0 Å². The quantitative estimate of drug-likeness (QED) is 0.810. The molecule has 1 aliphatic heterocycles. The summed E-state index contributed by atoms with van der Waals surface area (Å²) in [6, 6.07) is 7.54. The molecule has 1 saturated heterocycles. The van der Waals surface area contributed by atoms with Crippen LogP contribution in [0.4, 0.5) is 0 Å². The van der Waals surface area contributed by atoms with E-state index in [1.165, 1.54) is 12.7 Å². The maximum absolute atomic E-state index is 11.7. The van der Waals surface area contributed by atoms with Crippen molar-refractivity contribution in [3.05, 3.63) is 29.8 Å². The largest absolute Gasteiger partial charge is 0.497 e. The summed E-state index contributed by atoms with van der Waals surface area (Å²) in [5, 5.41) is 9.71. The second kappa shape index (κ2) is 6.72. The standard InChI is InChI=1S/C15H21NO4/c1-19-13-5-3-11(4-6-13)7-8-16-10-12(17)9-14(16)15(18)20-2/h3-6,12,14,17H,7-10H2,1-2H3. The summed E-state index contributed by atoms with van der Waals surface area (Å²) in [4.78, 5) is 13.7. The van der Waals surface area contributed by atoms with E-state index in [1.807, 2.05) is 29.2 Å². The lowest BCUT2D eigenvalue weighted by Crippen LogP contribution is -2.38. The van der Waals surface area contributed by atoms with Crippen LogP contribution in [-0.4, -0.2) is 55.4 Å². The number of aliphatic hydroxyl groups excluding tert-OH is 1. The summed E-state index contributed by atoms with van der Waals surface area (Å²) in [5.74, 6) is 0.564. The molecular formula is C15H21NO4. The Bertz CT molecular complexity index is 446. The number of esters is 1. The lowest BCUT2D eigenvalue weighted by Gasteiger charge is -2.21. The van der Waals surface area contributed by atoms with Crippen LogP contribution in [-0.2, 0) is 16.0 Å². The third kappa shape index (κ3) is 3.49. The Balaban J connectivity index is 1.92. The van der Waals surface area contributed by atoms with Crippen molar-refractivity contribution in [3.8, 4) is 5.75 Å². The normalized spacial score (nSPS) is 22.8. The average molecular weight is 279 g/mol. The van der Waals surface area contributed by atoms with Crippen LogP contribution < -0.4 is 4.74 Å². The zero-order chi connectivity index (χ0) is 14.5. The van der Waals surface area contributed by atoms with E-state index in [0.29, 0.717) is 13.0 Å². The van der Waals surface area contributed by atoms with E-state index >= 15 is 0 Å². The van der Waals surface area contributed by atoms with Gasteiger partial charge in [0.25, 0.3) is 0 Å². The minimum Gasteiger partial charge on any atom is -0.497 e. The van der Waals surface area contributed by atoms with Gasteiger partial charge < -0.3 is 14.6 Å². The molecule has 2 unspecified atom stereocenters. The van der Waals surface area contributed by atoms with Gasteiger partial charge >= 0.3 is 5.97 Å². The van der Waals surface area contributed by atoms with Crippen molar-refractivity contribution in [2.24, 2.45) is 0 Å². The van der Waals surface area contributed by atoms with Gasteiger partial charge in [0, 0.05) is 19.5 Å². The zero-order valence-corrected chi connectivity index (χ0v) is 11.9. The minimum absolute atomic E-state index is 0.267. The molecule has 2 rings (SSSR count). The van der Waals surface area contributed by atoms with Gasteiger partial charge in [-0.3, -0.25) is 9.69 Å². The highest BCUT2D eigenvalue weighted by atomic mass is 16.5. The highest BCUT2D eigenvalue weighted by Gasteiger charge is 2.36. The fourth-order valence-corrected chi connectivity index (χ4v) is 2.57. The van der Waals surface area contributed by atoms with Gasteiger partial charge in [-0.15, -0.1) is 0 Å². The predicted octanol–water partition coefficient (Wildman–Crippen LogP) is 0.846. The van der Waals surface area contributed by atoms with Gasteiger partial charge in [-0.1, -0.05) is 12.1 Å². The van der Waals surface area contributed by atoms with E-state index in [0.717, 1.165) is 18.7 Å². The van der Waals surface area contributed by atoms with Gasteiger partial charge in [0.05, 0.1) is 20.3 Å². The molecular weight excluding hydrogens is 258 g/mol. The predicted molar refractivity (Wildman–Crippen MR) is 74.7 cm³/mol. The van der Waals surface area contributed by atoms with Gasteiger partial charge in [0.15, 0.2) is 0 Å². The number of nitrogens with zero attached hydrogens (tertiary/aromatic N) is 1. The van der Waals surface area contributed by atoms with Crippen LogP contribution in [0.5, 0.6) is 5.75 Å². The van der Waals surface area contributed by atoms with Crippen LogP contribution >= 0.6 is 0 Å². The van der Waals surface area contributed by atoms with Gasteiger partial charge in [-0.05, 0) is 24.1 Å². The first kappa shape index (κ1) is 14.8. The first-order valence-electron chi connectivity index (χ1n) is 6.77. The highest BCUT2D eigenvalue weighted by molar-refractivity contribution is 5.76. The molecule has 0 aliphatic carbocycles. The Labute approximate surface area is 119 Å². The molecule has 0 saturated carbocycles. The molecule has 1 N–H and O–H groups in total. The van der Waals surface area contributed by atoms with Crippen LogP contribution in [0.1, 0.15) is 12.0 Å². The molecule has 1 fully saturated rings. The minimum atomic E-state index is -0.449. The maximum Gasteiger partial charge on any atom is 0.323 e. The molecule has 0 aromatic heterocycles. The molecule has 2 atom stereocenters. The number of benzene rings is 1. The van der Waals surface area contributed by atoms with Crippen molar-refractivity contribution in [1.82, 2.24) is 4.90 Å². The molecule has 0 radical (unpaired) electrons. The smallest absolute Gasteiger partial charge is 0.323 e. The van der Waals surface area contributed by atoms with Crippen LogP contribution in [0.2, 0.25) is 0 Å². The number of carbonyl (C=O) groups is 1. The topological polar surface area (TPSA) is 59.0 Å². The molecule has 110 valence electrons. The summed E-state index contributed by atoms with van der Waals surface area (Å²) in [7, 11) is 3.02. The van der Waals surface area contributed by atoms with E-state index in [1.54, 1.807) is 7.11 Å². The molecule has 0 bridgehead atoms. The number of ether oxygens (including phenoxy) is 2. The summed E-state index contributed by atoms with van der Waals surface area (Å²) in [5.41, 5.74) is 1.18. The lowest BCUT2D eigenvalue weighted by atomic mass is 10.1. The number of methoxy groups -OCH3 is 2. The maximum atomic E-state index is 11.7. The third-order valence-electron chi connectivity index (χ3n) is 3.70. The van der Waals surface area contributed by atoms with Gasteiger partial charge in [-0.2, -0.15) is 0 Å². The number of β-amino-alcohol motifs (C(OH)–C–C–N with tert-alkyl or cyclic N) is 1.